The van der Waals surface area contributed by atoms with Crippen molar-refractivity contribution in [2.75, 3.05) is 0 Å². The van der Waals surface area contributed by atoms with Gasteiger partial charge in [-0.3, -0.25) is 0 Å². The van der Waals surface area contributed by atoms with Crippen LogP contribution in [0.2, 0.25) is 0 Å². The lowest BCUT2D eigenvalue weighted by Gasteiger charge is -2.09. The Morgan fingerprint density at radius 3 is 2.48 bits per heavy atom. The number of aryl methyl sites for hydroxylation is 1. The largest absolute Gasteiger partial charge is 0.505 e. The molecule has 0 fully saturated rings. The average Bonchev–Trinajstić information content (AvgIpc) is 2.60. The van der Waals surface area contributed by atoms with Gasteiger partial charge in [-0.05, 0) is 49.2 Å². The lowest BCUT2D eigenvalue weighted by molar-refractivity contribution is -0.140. The van der Waals surface area contributed by atoms with Crippen molar-refractivity contribution >= 4 is 17.3 Å². The van der Waals surface area contributed by atoms with E-state index in [1.165, 1.54) is 0 Å². The van der Waals surface area contributed by atoms with E-state index in [2.05, 4.69) is 16.8 Å². The number of hydrogen-bond donors (Lipinski definition) is 2. The first-order valence-corrected chi connectivity index (χ1v) is 7.67. The first kappa shape index (κ1) is 18.4. The highest BCUT2D eigenvalue weighted by molar-refractivity contribution is 5.86. The van der Waals surface area contributed by atoms with Gasteiger partial charge in [-0.2, -0.15) is 5.11 Å². The van der Waals surface area contributed by atoms with Gasteiger partial charge in [0.25, 0.3) is 0 Å². The molecule has 25 heavy (non-hydrogen) atoms. The highest BCUT2D eigenvalue weighted by Gasteiger charge is 2.11. The minimum Gasteiger partial charge on any atom is -0.505 e. The summed E-state index contributed by atoms with van der Waals surface area (Å²) in [5.74, 6) is -0.608. The Hall–Kier alpha value is -2.99. The molecule has 0 spiro atoms. The van der Waals surface area contributed by atoms with Crippen molar-refractivity contribution in [2.45, 2.75) is 27.1 Å². The number of aliphatic hydroxyl groups is 1. The molecule has 2 N–H and O–H groups in total. The maximum absolute atomic E-state index is 11.5. The molecule has 6 heteroatoms. The average molecular weight is 340 g/mol. The molecule has 0 amide bonds. The van der Waals surface area contributed by atoms with E-state index >= 15 is 0 Å². The van der Waals surface area contributed by atoms with Crippen LogP contribution >= 0.6 is 0 Å². The third-order valence-electron chi connectivity index (χ3n) is 3.41. The summed E-state index contributed by atoms with van der Waals surface area (Å²) < 4.78 is 5.07. The lowest BCUT2D eigenvalue weighted by Crippen LogP contribution is -2.05. The molecule has 0 unspecified atom stereocenters. The number of benzene rings is 2. The zero-order chi connectivity index (χ0) is 18.4. The maximum atomic E-state index is 11.5. The number of ether oxygens (including phenoxy) is 1. The van der Waals surface area contributed by atoms with Crippen LogP contribution in [0.15, 0.2) is 58.8 Å². The van der Waals surface area contributed by atoms with E-state index < -0.39 is 5.97 Å². The third-order valence-corrected chi connectivity index (χ3v) is 3.41. The van der Waals surface area contributed by atoms with Crippen molar-refractivity contribution < 1.29 is 19.7 Å². The minimum atomic E-state index is -0.520. The lowest BCUT2D eigenvalue weighted by atomic mass is 10.1. The second-order valence-electron chi connectivity index (χ2n) is 5.67. The molecule has 0 aliphatic rings. The molecule has 0 saturated carbocycles. The fourth-order valence-corrected chi connectivity index (χ4v) is 2.07. The summed E-state index contributed by atoms with van der Waals surface area (Å²) in [5.41, 5.74) is 3.24. The van der Waals surface area contributed by atoms with Gasteiger partial charge in [0.15, 0.2) is 0 Å². The van der Waals surface area contributed by atoms with E-state index in [-0.39, 0.29) is 24.7 Å². The Bertz CT molecular complexity index is 811. The maximum Gasteiger partial charge on any atom is 0.333 e. The molecular formula is C19H20N2O4. The molecule has 2 rings (SSSR count). The fraction of sp³-hybridized carbons (Fsp3) is 0.211. The van der Waals surface area contributed by atoms with Crippen molar-refractivity contribution in [2.24, 2.45) is 10.2 Å². The van der Waals surface area contributed by atoms with E-state index in [1.807, 2.05) is 6.92 Å². The number of phenolic OH excluding ortho intramolecular Hbond substituents is 1. The van der Waals surface area contributed by atoms with Gasteiger partial charge in [-0.15, -0.1) is 5.11 Å². The van der Waals surface area contributed by atoms with E-state index in [9.17, 15) is 9.90 Å². The number of nitrogens with zero attached hydrogens (tertiary/aromatic N) is 2. The number of azo groups is 1. The zero-order valence-electron chi connectivity index (χ0n) is 14.2. The van der Waals surface area contributed by atoms with E-state index in [0.29, 0.717) is 16.8 Å². The Morgan fingerprint density at radius 1 is 1.20 bits per heavy atom. The molecular weight excluding hydrogens is 320 g/mol. The van der Waals surface area contributed by atoms with Gasteiger partial charge in [-0.25, -0.2) is 4.79 Å². The molecule has 0 aliphatic heterocycles. The molecule has 0 aromatic heterocycles. The number of aliphatic hydroxyl groups excluding tert-OH is 1. The van der Waals surface area contributed by atoms with Crippen LogP contribution < -0.4 is 0 Å². The monoisotopic (exact) mass is 340 g/mol. The van der Waals surface area contributed by atoms with Crippen molar-refractivity contribution in [3.05, 3.63) is 65.2 Å². The molecule has 2 aromatic carbocycles. The first-order chi connectivity index (χ1) is 11.9. The molecule has 6 nitrogen and oxygen atoms in total. The van der Waals surface area contributed by atoms with Crippen molar-refractivity contribution in [1.82, 2.24) is 0 Å². The number of carbonyl (C=O) groups is 1. The van der Waals surface area contributed by atoms with Crippen LogP contribution in [0, 0.1) is 6.92 Å². The predicted octanol–water partition coefficient (Wildman–Crippen LogP) is 4.23. The van der Waals surface area contributed by atoms with Crippen molar-refractivity contribution in [3.63, 3.8) is 0 Å². The summed E-state index contributed by atoms with van der Waals surface area (Å²) in [6.07, 6.45) is 0. The number of esters is 1. The number of rotatable bonds is 6. The van der Waals surface area contributed by atoms with E-state index in [0.717, 1.165) is 11.1 Å². The van der Waals surface area contributed by atoms with Gasteiger partial charge >= 0.3 is 5.97 Å². The number of phenols is 1. The van der Waals surface area contributed by atoms with E-state index in [4.69, 9.17) is 9.84 Å². The predicted molar refractivity (Wildman–Crippen MR) is 94.0 cm³/mol. The summed E-state index contributed by atoms with van der Waals surface area (Å²) >= 11 is 0. The van der Waals surface area contributed by atoms with Gasteiger partial charge < -0.3 is 14.9 Å². The summed E-state index contributed by atoms with van der Waals surface area (Å²) in [7, 11) is 0. The summed E-state index contributed by atoms with van der Waals surface area (Å²) in [6, 6.07) is 10.3. The smallest absolute Gasteiger partial charge is 0.333 e. The van der Waals surface area contributed by atoms with Crippen molar-refractivity contribution in [3.8, 4) is 5.75 Å². The Labute approximate surface area is 146 Å². The second kappa shape index (κ2) is 8.21. The number of aromatic hydroxyl groups is 1. The molecule has 0 atom stereocenters. The van der Waals surface area contributed by atoms with Gasteiger partial charge in [0.2, 0.25) is 0 Å². The second-order valence-corrected chi connectivity index (χ2v) is 5.67. The summed E-state index contributed by atoms with van der Waals surface area (Å²) in [6.45, 7) is 6.80. The standard InChI is InChI=1S/C19H20N2O4/c1-12(2)19(24)25-11-15-8-13(3)9-17(18(15)23)21-20-16-6-4-14(10-22)5-7-16/h4-9,22-23H,1,10-11H2,2-3H3/b21-20+. The Kier molecular flexibility index (Phi) is 6.03. The van der Waals surface area contributed by atoms with Crippen molar-refractivity contribution in [1.29, 1.82) is 0 Å². The number of hydrogen-bond acceptors (Lipinski definition) is 6. The highest BCUT2D eigenvalue weighted by Crippen LogP contribution is 2.33. The molecule has 0 aliphatic carbocycles. The van der Waals surface area contributed by atoms with Gasteiger partial charge in [0, 0.05) is 11.1 Å². The van der Waals surface area contributed by atoms with Crippen LogP contribution in [0.25, 0.3) is 0 Å². The molecule has 0 bridgehead atoms. The molecule has 0 radical (unpaired) electrons. The van der Waals surface area contributed by atoms with Gasteiger partial charge in [-0.1, -0.05) is 18.7 Å². The zero-order valence-corrected chi connectivity index (χ0v) is 14.2. The van der Waals surface area contributed by atoms with E-state index in [1.54, 1.807) is 43.3 Å². The summed E-state index contributed by atoms with van der Waals surface area (Å²) in [4.78, 5) is 11.5. The Balaban J connectivity index is 2.21. The topological polar surface area (TPSA) is 91.5 Å². The molecule has 2 aromatic rings. The number of carbonyl (C=O) groups excluding carboxylic acids is 1. The van der Waals surface area contributed by atoms with Crippen LogP contribution in [0.5, 0.6) is 5.75 Å². The molecule has 130 valence electrons. The van der Waals surface area contributed by atoms with Crippen LogP contribution in [0.4, 0.5) is 11.4 Å². The van der Waals surface area contributed by atoms with Crippen LogP contribution in [0.3, 0.4) is 0 Å². The van der Waals surface area contributed by atoms with Crippen LogP contribution in [0.1, 0.15) is 23.6 Å². The quantitative estimate of drug-likeness (QED) is 0.468. The molecule has 0 heterocycles. The summed E-state index contributed by atoms with van der Waals surface area (Å²) in [5, 5.41) is 27.5. The van der Waals surface area contributed by atoms with Gasteiger partial charge in [0.1, 0.15) is 18.0 Å². The SMILES string of the molecule is C=C(C)C(=O)OCc1cc(C)cc(/N=N/c2ccc(CO)cc2)c1O. The minimum absolute atomic E-state index is 0.0393. The third kappa shape index (κ3) is 4.99. The van der Waals surface area contributed by atoms with Crippen LogP contribution in [-0.2, 0) is 22.7 Å². The highest BCUT2D eigenvalue weighted by atomic mass is 16.5. The van der Waals surface area contributed by atoms with Gasteiger partial charge in [0.05, 0.1) is 12.3 Å². The normalized spacial score (nSPS) is 10.8. The Morgan fingerprint density at radius 2 is 1.88 bits per heavy atom. The van der Waals surface area contributed by atoms with Crippen LogP contribution in [-0.4, -0.2) is 16.2 Å². The first-order valence-electron chi connectivity index (χ1n) is 7.67. The molecule has 0 saturated heterocycles. The fourth-order valence-electron chi connectivity index (χ4n) is 2.07.